The van der Waals surface area contributed by atoms with Crippen molar-refractivity contribution in [2.45, 2.75) is 12.8 Å². The molecule has 1 aromatic heterocycles. The number of aryl methyl sites for hydroxylation is 1. The van der Waals surface area contributed by atoms with E-state index in [1.54, 1.807) is 24.7 Å². The lowest BCUT2D eigenvalue weighted by atomic mass is 10.3. The highest BCUT2D eigenvalue weighted by Gasteiger charge is 2.17. The van der Waals surface area contributed by atoms with Crippen molar-refractivity contribution in [3.63, 3.8) is 0 Å². The van der Waals surface area contributed by atoms with Gasteiger partial charge in [-0.3, -0.25) is 0 Å². The number of quaternary nitrogens is 1. The average molecular weight is 339 g/mol. The van der Waals surface area contributed by atoms with Crippen LogP contribution in [0.2, 0.25) is 0 Å². The zero-order chi connectivity index (χ0) is 18.4. The fourth-order valence-corrected chi connectivity index (χ4v) is 1.55. The third-order valence-corrected chi connectivity index (χ3v) is 2.62. The predicted molar refractivity (Wildman–Crippen MR) is 82.0 cm³/mol. The summed E-state index contributed by atoms with van der Waals surface area (Å²) in [5, 5.41) is 16.3. The van der Waals surface area contributed by atoms with Crippen molar-refractivity contribution >= 4 is 18.0 Å². The molecule has 9 nitrogen and oxygen atoms in total. The van der Waals surface area contributed by atoms with Gasteiger partial charge in [0.1, 0.15) is 13.1 Å². The van der Waals surface area contributed by atoms with Crippen molar-refractivity contribution in [1.82, 2.24) is 9.97 Å². The largest absolute Gasteiger partial charge is 0.539 e. The number of nitrogens with zero attached hydrogens (tertiary/aromatic N) is 1. The number of aliphatic carboxylic acids is 2. The molecule has 0 aliphatic rings. The Labute approximate surface area is 139 Å². The molecule has 9 heteroatoms. The van der Waals surface area contributed by atoms with Gasteiger partial charge in [0.05, 0.1) is 12.9 Å². The number of aromatic amines is 1. The third-order valence-electron chi connectivity index (χ3n) is 2.62. The smallest absolute Gasteiger partial charge is 0.514 e. The van der Waals surface area contributed by atoms with Crippen LogP contribution in [-0.2, 0) is 20.7 Å². The maximum Gasteiger partial charge on any atom is 0.514 e. The fourth-order valence-electron chi connectivity index (χ4n) is 1.55. The van der Waals surface area contributed by atoms with Crippen molar-refractivity contribution in [3.05, 3.63) is 43.5 Å². The first-order valence-corrected chi connectivity index (χ1v) is 7.07. The van der Waals surface area contributed by atoms with Crippen molar-refractivity contribution in [2.75, 3.05) is 19.7 Å². The normalized spacial score (nSPS) is 9.54. The van der Waals surface area contributed by atoms with Gasteiger partial charge in [-0.05, 0) is 25.0 Å². The number of H-pyrrole nitrogens is 1. The van der Waals surface area contributed by atoms with Crippen LogP contribution >= 0.6 is 0 Å². The van der Waals surface area contributed by atoms with Crippen LogP contribution < -0.4 is 10.0 Å². The van der Waals surface area contributed by atoms with Gasteiger partial charge >= 0.3 is 12.1 Å². The first-order chi connectivity index (χ1) is 11.4. The SMILES string of the molecule is C=CC[NH+](CC=C)C(=O)OCCCc1cnc[nH]1.O=C([O-])C(=O)O. The van der Waals surface area contributed by atoms with Crippen LogP contribution in [0.5, 0.6) is 0 Å². The number of carbonyl (C=O) groups is 3. The minimum Gasteiger partial charge on any atom is -0.539 e. The molecule has 1 amide bonds. The monoisotopic (exact) mass is 339 g/mol. The molecule has 0 aromatic carbocycles. The Balaban J connectivity index is 0.000000754. The molecule has 0 fully saturated rings. The first-order valence-electron chi connectivity index (χ1n) is 7.07. The number of carboxylic acids is 2. The van der Waals surface area contributed by atoms with Crippen molar-refractivity contribution < 1.29 is 34.2 Å². The van der Waals surface area contributed by atoms with Crippen LogP contribution in [0.25, 0.3) is 0 Å². The third kappa shape index (κ3) is 9.90. The number of hydrogen-bond acceptors (Lipinski definition) is 6. The molecule has 0 aliphatic heterocycles. The van der Waals surface area contributed by atoms with Crippen LogP contribution in [0.1, 0.15) is 12.1 Å². The van der Waals surface area contributed by atoms with Crippen LogP contribution in [-0.4, -0.2) is 52.8 Å². The number of aromatic nitrogens is 2. The maximum atomic E-state index is 11.7. The molecule has 24 heavy (non-hydrogen) atoms. The molecule has 3 N–H and O–H groups in total. The molecule has 1 rings (SSSR count). The highest BCUT2D eigenvalue weighted by molar-refractivity contribution is 6.26. The second kappa shape index (κ2) is 12.6. The summed E-state index contributed by atoms with van der Waals surface area (Å²) in [5.41, 5.74) is 1.05. The molecular weight excluding hydrogens is 318 g/mol. The van der Waals surface area contributed by atoms with Gasteiger partial charge in [-0.2, -0.15) is 4.79 Å². The minimum absolute atomic E-state index is 0.251. The van der Waals surface area contributed by atoms with Gasteiger partial charge in [0.25, 0.3) is 0 Å². The predicted octanol–water partition coefficient (Wildman–Crippen LogP) is -1.44. The number of nitrogens with one attached hydrogen (secondary N) is 2. The Bertz CT molecular complexity index is 519. The highest BCUT2D eigenvalue weighted by Crippen LogP contribution is 1.96. The van der Waals surface area contributed by atoms with E-state index in [4.69, 9.17) is 24.5 Å². The van der Waals surface area contributed by atoms with Crippen LogP contribution in [0.4, 0.5) is 4.79 Å². The topological polar surface area (TPSA) is 137 Å². The Kier molecular flexibility index (Phi) is 11.0. The molecule has 0 spiro atoms. The van der Waals surface area contributed by atoms with Crippen LogP contribution in [0, 0.1) is 0 Å². The average Bonchev–Trinajstić information content (AvgIpc) is 3.05. The van der Waals surface area contributed by atoms with Gasteiger partial charge in [-0.15, -0.1) is 0 Å². The summed E-state index contributed by atoms with van der Waals surface area (Å²) in [7, 11) is 0. The van der Waals surface area contributed by atoms with Gasteiger partial charge in [0, 0.05) is 11.9 Å². The van der Waals surface area contributed by atoms with E-state index >= 15 is 0 Å². The number of carbonyl (C=O) groups excluding carboxylic acids is 2. The van der Waals surface area contributed by atoms with Gasteiger partial charge in [-0.1, -0.05) is 13.2 Å². The summed E-state index contributed by atoms with van der Waals surface area (Å²) in [4.78, 5) is 37.4. The van der Waals surface area contributed by atoms with Crippen LogP contribution in [0.15, 0.2) is 37.8 Å². The number of amides is 1. The van der Waals surface area contributed by atoms with E-state index in [0.717, 1.165) is 18.5 Å². The lowest BCUT2D eigenvalue weighted by molar-refractivity contribution is -0.810. The zero-order valence-corrected chi connectivity index (χ0v) is 13.2. The molecule has 0 bridgehead atoms. The maximum absolute atomic E-state index is 11.7. The van der Waals surface area contributed by atoms with Gasteiger partial charge < -0.3 is 24.7 Å². The standard InChI is InChI=1S/C13H19N3O2.C2H2O4/c1-3-7-16(8-4-2)13(17)18-9-5-6-12-10-14-11-15-12;3-1(4)2(5)6/h3-4,10-11H,1-2,5-9H2,(H,14,15);(H,3,4)(H,5,6). The summed E-state index contributed by atoms with van der Waals surface area (Å²) in [5.74, 6) is -4.01. The van der Waals surface area contributed by atoms with Crippen LogP contribution in [0.3, 0.4) is 0 Å². The lowest BCUT2D eigenvalue weighted by Gasteiger charge is -2.12. The molecule has 132 valence electrons. The fraction of sp³-hybridized carbons (Fsp3) is 0.333. The number of imidazole rings is 1. The number of ether oxygens (including phenoxy) is 1. The second-order valence-corrected chi connectivity index (χ2v) is 4.50. The van der Waals surface area contributed by atoms with E-state index in [-0.39, 0.29) is 6.09 Å². The number of hydrogen-bond donors (Lipinski definition) is 3. The molecular formula is C15H21N3O6. The lowest BCUT2D eigenvalue weighted by Crippen LogP contribution is -3.14. The van der Waals surface area contributed by atoms with Crippen molar-refractivity contribution in [2.24, 2.45) is 0 Å². The Morgan fingerprint density at radius 2 is 1.92 bits per heavy atom. The van der Waals surface area contributed by atoms with E-state index in [9.17, 15) is 4.79 Å². The van der Waals surface area contributed by atoms with E-state index in [1.807, 2.05) is 0 Å². The Hall–Kier alpha value is -2.94. The molecule has 0 atom stereocenters. The Morgan fingerprint density at radius 3 is 2.33 bits per heavy atom. The van der Waals surface area contributed by atoms with E-state index in [2.05, 4.69) is 23.1 Å². The van der Waals surface area contributed by atoms with Crippen molar-refractivity contribution in [3.8, 4) is 0 Å². The zero-order valence-electron chi connectivity index (χ0n) is 13.2. The number of alkyl carbamates (subject to hydrolysis) is 2. The second-order valence-electron chi connectivity index (χ2n) is 4.50. The van der Waals surface area contributed by atoms with Gasteiger partial charge in [-0.25, -0.2) is 14.7 Å². The molecule has 0 saturated heterocycles. The minimum atomic E-state index is -2.07. The van der Waals surface area contributed by atoms with E-state index < -0.39 is 11.9 Å². The molecule has 0 saturated carbocycles. The number of carboxylic acid groups (broad SMARTS) is 2. The summed E-state index contributed by atoms with van der Waals surface area (Å²) >= 11 is 0. The van der Waals surface area contributed by atoms with Gasteiger partial charge in [0.2, 0.25) is 0 Å². The molecule has 1 heterocycles. The highest BCUT2D eigenvalue weighted by atomic mass is 16.6. The molecule has 0 radical (unpaired) electrons. The van der Waals surface area contributed by atoms with E-state index in [0.29, 0.717) is 24.6 Å². The Morgan fingerprint density at radius 1 is 1.33 bits per heavy atom. The molecule has 0 aliphatic carbocycles. The summed E-state index contributed by atoms with van der Waals surface area (Å²) in [6, 6.07) is 0. The summed E-state index contributed by atoms with van der Waals surface area (Å²) in [6.07, 6.45) is 8.17. The quantitative estimate of drug-likeness (QED) is 0.299. The number of rotatable bonds is 8. The molecule has 0 unspecified atom stereocenters. The van der Waals surface area contributed by atoms with Gasteiger partial charge in [0.15, 0.2) is 5.97 Å². The van der Waals surface area contributed by atoms with E-state index in [1.165, 1.54) is 0 Å². The first kappa shape index (κ1) is 21.1. The summed E-state index contributed by atoms with van der Waals surface area (Å²) < 4.78 is 5.20. The van der Waals surface area contributed by atoms with Crippen molar-refractivity contribution in [1.29, 1.82) is 0 Å². The molecule has 1 aromatic rings. The summed E-state index contributed by atoms with van der Waals surface area (Å²) in [6.45, 7) is 8.75.